The molecule has 0 atom stereocenters. The maximum atomic E-state index is 13.3. The van der Waals surface area contributed by atoms with Crippen molar-refractivity contribution in [3.05, 3.63) is 46.7 Å². The van der Waals surface area contributed by atoms with Crippen molar-refractivity contribution in [2.45, 2.75) is 10.8 Å². The maximum Gasteiger partial charge on any atom is 0.181 e. The molecule has 0 aliphatic heterocycles. The van der Waals surface area contributed by atoms with Crippen molar-refractivity contribution in [1.29, 1.82) is 0 Å². The lowest BCUT2D eigenvalue weighted by atomic mass is 10.2. The summed E-state index contributed by atoms with van der Waals surface area (Å²) in [5.74, 6) is 0.376. The minimum Gasteiger partial charge on any atom is -0.341 e. The Morgan fingerprint density at radius 1 is 1.21 bits per heavy atom. The highest BCUT2D eigenvalue weighted by atomic mass is 79.9. The highest BCUT2D eigenvalue weighted by molar-refractivity contribution is 9.10. The Labute approximate surface area is 121 Å². The number of H-pyrrole nitrogens is 1. The second kappa shape index (κ2) is 5.26. The van der Waals surface area contributed by atoms with Crippen LogP contribution in [0.4, 0.5) is 4.39 Å². The normalized spacial score (nSPS) is 11.1. The summed E-state index contributed by atoms with van der Waals surface area (Å²) in [5, 5.41) is 0.808. The number of hydrogen-bond donors (Lipinski definition) is 1. The molecule has 1 aromatic carbocycles. The van der Waals surface area contributed by atoms with Gasteiger partial charge in [-0.15, -0.1) is 0 Å². The lowest BCUT2D eigenvalue weighted by Gasteiger charge is -2.03. The monoisotopic (exact) mass is 338 g/mol. The number of nitrogens with one attached hydrogen (secondary N) is 1. The van der Waals surface area contributed by atoms with E-state index < -0.39 is 0 Å². The summed E-state index contributed by atoms with van der Waals surface area (Å²) in [6.07, 6.45) is 3.06. The van der Waals surface area contributed by atoms with E-state index in [1.54, 1.807) is 6.33 Å². The quantitative estimate of drug-likeness (QED) is 0.586. The Kier molecular flexibility index (Phi) is 3.48. The third-order valence-corrected chi connectivity index (χ3v) is 4.00. The Bertz CT molecular complexity index is 710. The van der Waals surface area contributed by atoms with Gasteiger partial charge in [0.15, 0.2) is 5.65 Å². The minimum atomic E-state index is -0.251. The second-order valence-electron chi connectivity index (χ2n) is 3.85. The van der Waals surface area contributed by atoms with Gasteiger partial charge < -0.3 is 4.98 Å². The number of benzene rings is 1. The summed E-state index contributed by atoms with van der Waals surface area (Å²) in [5.41, 5.74) is 2.34. The first-order valence-corrected chi connectivity index (χ1v) is 7.22. The third kappa shape index (κ3) is 2.76. The van der Waals surface area contributed by atoms with E-state index in [0.29, 0.717) is 11.4 Å². The Balaban J connectivity index is 1.84. The fraction of sp³-hybridized carbons (Fsp3) is 0.0833. The van der Waals surface area contributed by atoms with Crippen LogP contribution in [0.2, 0.25) is 0 Å². The zero-order valence-electron chi connectivity index (χ0n) is 9.60. The van der Waals surface area contributed by atoms with Crippen LogP contribution in [-0.4, -0.2) is 19.9 Å². The Morgan fingerprint density at radius 2 is 2.11 bits per heavy atom. The number of hydrogen-bond acceptors (Lipinski definition) is 4. The van der Waals surface area contributed by atoms with Crippen molar-refractivity contribution in [3.63, 3.8) is 0 Å². The van der Waals surface area contributed by atoms with Gasteiger partial charge in [0.2, 0.25) is 0 Å². The molecule has 4 nitrogen and oxygen atoms in total. The predicted octanol–water partition coefficient (Wildman–Crippen LogP) is 3.55. The number of fused-ring (bicyclic) bond motifs is 1. The molecule has 0 aliphatic rings. The molecule has 2 aromatic heterocycles. The van der Waals surface area contributed by atoms with Gasteiger partial charge >= 0.3 is 0 Å². The van der Waals surface area contributed by atoms with Gasteiger partial charge in [-0.05, 0) is 23.8 Å². The highest BCUT2D eigenvalue weighted by Gasteiger charge is 2.07. The zero-order chi connectivity index (χ0) is 13.2. The van der Waals surface area contributed by atoms with Crippen molar-refractivity contribution in [1.82, 2.24) is 19.9 Å². The molecule has 0 saturated heterocycles. The van der Waals surface area contributed by atoms with Gasteiger partial charge in [-0.1, -0.05) is 27.7 Å². The van der Waals surface area contributed by atoms with Crippen LogP contribution in [0, 0.1) is 5.82 Å². The number of rotatable bonds is 3. The topological polar surface area (TPSA) is 54.5 Å². The molecule has 0 spiro atoms. The van der Waals surface area contributed by atoms with Gasteiger partial charge in [0.25, 0.3) is 0 Å². The molecular formula is C12H8BrFN4S. The van der Waals surface area contributed by atoms with E-state index in [4.69, 9.17) is 0 Å². The predicted molar refractivity (Wildman–Crippen MR) is 75.3 cm³/mol. The van der Waals surface area contributed by atoms with E-state index in [0.717, 1.165) is 20.6 Å². The highest BCUT2D eigenvalue weighted by Crippen LogP contribution is 2.26. The van der Waals surface area contributed by atoms with E-state index in [1.165, 1.54) is 30.2 Å². The van der Waals surface area contributed by atoms with Gasteiger partial charge in [0.05, 0.1) is 6.33 Å². The van der Waals surface area contributed by atoms with E-state index in [2.05, 4.69) is 35.9 Å². The summed E-state index contributed by atoms with van der Waals surface area (Å²) < 4.78 is 14.0. The van der Waals surface area contributed by atoms with Crippen LogP contribution in [0.25, 0.3) is 11.2 Å². The number of aromatic nitrogens is 4. The molecule has 0 fully saturated rings. The molecule has 0 radical (unpaired) electrons. The standard InChI is InChI=1S/C12H8BrFN4S/c13-8-1-7(2-9(14)3-8)4-19-12-10-11(16-5-15-10)17-6-18-12/h1-3,5-6H,4H2,(H,15,16,17,18). The number of halogens is 2. The van der Waals surface area contributed by atoms with Crippen LogP contribution < -0.4 is 0 Å². The summed E-state index contributed by atoms with van der Waals surface area (Å²) in [4.78, 5) is 15.3. The molecule has 0 saturated carbocycles. The van der Waals surface area contributed by atoms with Crippen molar-refractivity contribution >= 4 is 38.9 Å². The second-order valence-corrected chi connectivity index (χ2v) is 5.73. The molecule has 96 valence electrons. The third-order valence-electron chi connectivity index (χ3n) is 2.49. The first kappa shape index (κ1) is 12.6. The number of imidazole rings is 1. The lowest BCUT2D eigenvalue weighted by molar-refractivity contribution is 0.625. The average molecular weight is 339 g/mol. The summed E-state index contributed by atoms with van der Waals surface area (Å²) in [6, 6.07) is 4.84. The van der Waals surface area contributed by atoms with Gasteiger partial charge in [-0.25, -0.2) is 19.3 Å². The van der Waals surface area contributed by atoms with Gasteiger partial charge in [0, 0.05) is 10.2 Å². The Morgan fingerprint density at radius 3 is 2.95 bits per heavy atom. The van der Waals surface area contributed by atoms with E-state index in [-0.39, 0.29) is 5.82 Å². The molecule has 0 bridgehead atoms. The molecule has 0 unspecified atom stereocenters. The Hall–Kier alpha value is -1.47. The fourth-order valence-corrected chi connectivity index (χ4v) is 3.10. The molecule has 7 heteroatoms. The summed E-state index contributed by atoms with van der Waals surface area (Å²) in [6.45, 7) is 0. The number of aromatic amines is 1. The number of nitrogens with zero attached hydrogens (tertiary/aromatic N) is 3. The van der Waals surface area contributed by atoms with Crippen molar-refractivity contribution < 1.29 is 4.39 Å². The first-order chi connectivity index (χ1) is 9.22. The fourth-order valence-electron chi connectivity index (χ4n) is 1.70. The van der Waals surface area contributed by atoms with E-state index >= 15 is 0 Å². The van der Waals surface area contributed by atoms with E-state index in [1.807, 2.05) is 6.07 Å². The van der Waals surface area contributed by atoms with Crippen LogP contribution in [0.15, 0.2) is 40.4 Å². The molecule has 0 aliphatic carbocycles. The first-order valence-electron chi connectivity index (χ1n) is 5.44. The molecule has 3 aromatic rings. The van der Waals surface area contributed by atoms with Crippen molar-refractivity contribution in [2.24, 2.45) is 0 Å². The summed E-state index contributed by atoms with van der Waals surface area (Å²) in [7, 11) is 0. The lowest BCUT2D eigenvalue weighted by Crippen LogP contribution is -1.88. The molecular weight excluding hydrogens is 331 g/mol. The SMILES string of the molecule is Fc1cc(Br)cc(CSc2ncnc3nc[nH]c23)c1. The molecule has 3 rings (SSSR count). The van der Waals surface area contributed by atoms with Gasteiger partial charge in [-0.2, -0.15) is 0 Å². The van der Waals surface area contributed by atoms with Crippen LogP contribution in [0.5, 0.6) is 0 Å². The smallest absolute Gasteiger partial charge is 0.181 e. The molecule has 1 N–H and O–H groups in total. The average Bonchev–Trinajstić information content (AvgIpc) is 2.83. The largest absolute Gasteiger partial charge is 0.341 e. The number of thioether (sulfide) groups is 1. The minimum absolute atomic E-state index is 0.251. The maximum absolute atomic E-state index is 13.3. The van der Waals surface area contributed by atoms with Gasteiger partial charge in [-0.3, -0.25) is 0 Å². The van der Waals surface area contributed by atoms with Crippen LogP contribution in [0.1, 0.15) is 5.56 Å². The molecule has 0 amide bonds. The van der Waals surface area contributed by atoms with E-state index in [9.17, 15) is 4.39 Å². The van der Waals surface area contributed by atoms with Crippen molar-refractivity contribution in [2.75, 3.05) is 0 Å². The van der Waals surface area contributed by atoms with Crippen LogP contribution in [0.3, 0.4) is 0 Å². The summed E-state index contributed by atoms with van der Waals surface area (Å²) >= 11 is 4.80. The van der Waals surface area contributed by atoms with Crippen molar-refractivity contribution in [3.8, 4) is 0 Å². The molecule has 19 heavy (non-hydrogen) atoms. The van der Waals surface area contributed by atoms with Gasteiger partial charge in [0.1, 0.15) is 22.7 Å². The van der Waals surface area contributed by atoms with Crippen LogP contribution >= 0.6 is 27.7 Å². The molecule has 2 heterocycles. The van der Waals surface area contributed by atoms with Crippen LogP contribution in [-0.2, 0) is 5.75 Å². The zero-order valence-corrected chi connectivity index (χ0v) is 12.0.